The number of anilines is 1. The lowest BCUT2D eigenvalue weighted by Gasteiger charge is -2.07. The van der Waals surface area contributed by atoms with Gasteiger partial charge in [-0.25, -0.2) is 0 Å². The summed E-state index contributed by atoms with van der Waals surface area (Å²) in [5.74, 6) is 0.820. The van der Waals surface area contributed by atoms with Gasteiger partial charge in [-0.15, -0.1) is 0 Å². The van der Waals surface area contributed by atoms with Crippen LogP contribution in [0.1, 0.15) is 11.1 Å². The highest BCUT2D eigenvalue weighted by atomic mass is 32.1. The molecule has 3 aromatic rings. The van der Waals surface area contributed by atoms with E-state index < -0.39 is 0 Å². The molecule has 5 heteroatoms. The molecule has 0 fully saturated rings. The lowest BCUT2D eigenvalue weighted by atomic mass is 10.2. The summed E-state index contributed by atoms with van der Waals surface area (Å²) in [6.45, 7) is 0.551. The molecule has 0 radical (unpaired) electrons. The summed E-state index contributed by atoms with van der Waals surface area (Å²) in [5, 5.41) is 7.64. The van der Waals surface area contributed by atoms with Crippen LogP contribution in [0.2, 0.25) is 0 Å². The van der Waals surface area contributed by atoms with Gasteiger partial charge in [0.2, 0.25) is 0 Å². The van der Waals surface area contributed by atoms with Crippen molar-refractivity contribution in [2.24, 2.45) is 5.10 Å². The van der Waals surface area contributed by atoms with Gasteiger partial charge in [0, 0.05) is 5.69 Å². The monoisotopic (exact) mass is 361 g/mol. The van der Waals surface area contributed by atoms with E-state index in [1.165, 1.54) is 0 Å². The fraction of sp³-hybridized carbons (Fsp3) is 0.0476. The van der Waals surface area contributed by atoms with Gasteiger partial charge in [0.05, 0.1) is 6.21 Å². The minimum atomic E-state index is 0.440. The molecule has 0 saturated heterocycles. The second-order valence-corrected chi connectivity index (χ2v) is 5.94. The normalized spacial score (nSPS) is 10.5. The van der Waals surface area contributed by atoms with Crippen molar-refractivity contribution in [2.45, 2.75) is 6.61 Å². The third-order valence-electron chi connectivity index (χ3n) is 3.54. The number of nitrogens with zero attached hydrogens (tertiary/aromatic N) is 1. The summed E-state index contributed by atoms with van der Waals surface area (Å²) in [5.41, 5.74) is 5.81. The van der Waals surface area contributed by atoms with Gasteiger partial charge in [-0.3, -0.25) is 5.43 Å². The molecule has 0 heterocycles. The Balaban J connectivity index is 1.46. The van der Waals surface area contributed by atoms with Crippen LogP contribution in [-0.2, 0) is 6.61 Å². The molecule has 3 rings (SSSR count). The predicted octanol–water partition coefficient (Wildman–Crippen LogP) is 4.59. The molecule has 0 aliphatic rings. The van der Waals surface area contributed by atoms with Gasteiger partial charge in [0.1, 0.15) is 12.4 Å². The lowest BCUT2D eigenvalue weighted by molar-refractivity contribution is 0.306. The molecule has 2 N–H and O–H groups in total. The van der Waals surface area contributed by atoms with Crippen molar-refractivity contribution in [1.29, 1.82) is 0 Å². The molecule has 4 nitrogen and oxygen atoms in total. The number of benzene rings is 3. The number of thiocarbonyl (C=S) groups is 1. The third-order valence-corrected chi connectivity index (χ3v) is 3.73. The van der Waals surface area contributed by atoms with E-state index >= 15 is 0 Å². The van der Waals surface area contributed by atoms with E-state index in [0.29, 0.717) is 11.7 Å². The third kappa shape index (κ3) is 5.72. The number of para-hydroxylation sites is 1. The largest absolute Gasteiger partial charge is 0.489 e. The zero-order chi connectivity index (χ0) is 18.0. The highest BCUT2D eigenvalue weighted by Gasteiger charge is 1.97. The molecular weight excluding hydrogens is 342 g/mol. The van der Waals surface area contributed by atoms with Gasteiger partial charge < -0.3 is 10.1 Å². The van der Waals surface area contributed by atoms with Crippen molar-refractivity contribution in [2.75, 3.05) is 5.32 Å². The highest BCUT2D eigenvalue weighted by Crippen LogP contribution is 2.13. The fourth-order valence-corrected chi connectivity index (χ4v) is 2.41. The van der Waals surface area contributed by atoms with Crippen molar-refractivity contribution < 1.29 is 4.74 Å². The van der Waals surface area contributed by atoms with Gasteiger partial charge in [0.25, 0.3) is 0 Å². The summed E-state index contributed by atoms with van der Waals surface area (Å²) in [6.07, 6.45) is 1.71. The Labute approximate surface area is 158 Å². The zero-order valence-corrected chi connectivity index (χ0v) is 14.9. The molecule has 0 aliphatic heterocycles. The molecule has 0 spiro atoms. The topological polar surface area (TPSA) is 45.7 Å². The number of hydrogen-bond acceptors (Lipinski definition) is 3. The first-order valence-corrected chi connectivity index (χ1v) is 8.62. The van der Waals surface area contributed by atoms with Crippen LogP contribution in [0, 0.1) is 0 Å². The van der Waals surface area contributed by atoms with Gasteiger partial charge in [-0.1, -0.05) is 48.5 Å². The van der Waals surface area contributed by atoms with Crippen LogP contribution in [0.3, 0.4) is 0 Å². The Morgan fingerprint density at radius 3 is 2.23 bits per heavy atom. The van der Waals surface area contributed by atoms with Crippen LogP contribution in [0.15, 0.2) is 90.0 Å². The van der Waals surface area contributed by atoms with Crippen LogP contribution in [-0.4, -0.2) is 11.3 Å². The highest BCUT2D eigenvalue weighted by molar-refractivity contribution is 7.80. The second kappa shape index (κ2) is 9.34. The quantitative estimate of drug-likeness (QED) is 0.383. The number of ether oxygens (including phenoxy) is 1. The summed E-state index contributed by atoms with van der Waals surface area (Å²) < 4.78 is 5.77. The average Bonchev–Trinajstić information content (AvgIpc) is 2.69. The van der Waals surface area contributed by atoms with Crippen LogP contribution in [0.5, 0.6) is 5.75 Å². The summed E-state index contributed by atoms with van der Waals surface area (Å²) in [6, 6.07) is 27.5. The molecule has 0 aliphatic carbocycles. The first-order chi connectivity index (χ1) is 12.8. The molecule has 0 unspecified atom stereocenters. The molecule has 0 amide bonds. The second-order valence-electron chi connectivity index (χ2n) is 5.53. The maximum atomic E-state index is 5.77. The van der Waals surface area contributed by atoms with E-state index in [9.17, 15) is 0 Å². The number of nitrogens with one attached hydrogen (secondary N) is 2. The van der Waals surface area contributed by atoms with E-state index in [1.54, 1.807) is 6.21 Å². The van der Waals surface area contributed by atoms with E-state index in [4.69, 9.17) is 17.0 Å². The Morgan fingerprint density at radius 1 is 0.885 bits per heavy atom. The maximum Gasteiger partial charge on any atom is 0.191 e. The molecule has 3 aromatic carbocycles. The average molecular weight is 361 g/mol. The molecule has 26 heavy (non-hydrogen) atoms. The van der Waals surface area contributed by atoms with E-state index in [1.807, 2.05) is 84.9 Å². The van der Waals surface area contributed by atoms with Crippen molar-refractivity contribution >= 4 is 29.2 Å². The zero-order valence-electron chi connectivity index (χ0n) is 14.1. The van der Waals surface area contributed by atoms with Gasteiger partial charge >= 0.3 is 0 Å². The Morgan fingerprint density at radius 2 is 1.54 bits per heavy atom. The van der Waals surface area contributed by atoms with Gasteiger partial charge in [-0.05, 0) is 59.7 Å². The first-order valence-electron chi connectivity index (χ1n) is 8.21. The van der Waals surface area contributed by atoms with Gasteiger partial charge in [-0.2, -0.15) is 5.10 Å². The smallest absolute Gasteiger partial charge is 0.191 e. The summed E-state index contributed by atoms with van der Waals surface area (Å²) in [4.78, 5) is 0. The first kappa shape index (κ1) is 17.6. The molecule has 0 saturated carbocycles. The Hall–Kier alpha value is -3.18. The van der Waals surface area contributed by atoms with Crippen molar-refractivity contribution in [1.82, 2.24) is 5.43 Å². The van der Waals surface area contributed by atoms with E-state index in [-0.39, 0.29) is 0 Å². The SMILES string of the molecule is S=C(N/N=C/c1ccc(OCc2ccccc2)cc1)Nc1ccccc1. The van der Waals surface area contributed by atoms with Crippen LogP contribution in [0.4, 0.5) is 5.69 Å². The lowest BCUT2D eigenvalue weighted by Crippen LogP contribution is -2.23. The summed E-state index contributed by atoms with van der Waals surface area (Å²) in [7, 11) is 0. The molecule has 0 bridgehead atoms. The van der Waals surface area contributed by atoms with E-state index in [2.05, 4.69) is 15.8 Å². The van der Waals surface area contributed by atoms with Crippen LogP contribution < -0.4 is 15.5 Å². The summed E-state index contributed by atoms with van der Waals surface area (Å²) >= 11 is 5.20. The minimum Gasteiger partial charge on any atom is -0.489 e. The Bertz CT molecular complexity index is 849. The standard InChI is InChI=1S/C21H19N3OS/c26-21(23-19-9-5-2-6-10-19)24-22-15-17-11-13-20(14-12-17)25-16-18-7-3-1-4-8-18/h1-15H,16H2,(H2,23,24,26)/b22-15+. The Kier molecular flexibility index (Phi) is 6.34. The molecule has 130 valence electrons. The fourth-order valence-electron chi connectivity index (χ4n) is 2.24. The van der Waals surface area contributed by atoms with Crippen LogP contribution >= 0.6 is 12.2 Å². The number of hydrazone groups is 1. The number of hydrogen-bond donors (Lipinski definition) is 2. The predicted molar refractivity (Wildman–Crippen MR) is 111 cm³/mol. The van der Waals surface area contributed by atoms with E-state index in [0.717, 1.165) is 22.6 Å². The molecular formula is C21H19N3OS. The molecule has 0 atom stereocenters. The van der Waals surface area contributed by atoms with Crippen molar-refractivity contribution in [3.8, 4) is 5.75 Å². The van der Waals surface area contributed by atoms with Gasteiger partial charge in [0.15, 0.2) is 5.11 Å². The molecule has 0 aromatic heterocycles. The van der Waals surface area contributed by atoms with Crippen molar-refractivity contribution in [3.05, 3.63) is 96.1 Å². The number of rotatable bonds is 6. The van der Waals surface area contributed by atoms with Crippen molar-refractivity contribution in [3.63, 3.8) is 0 Å². The van der Waals surface area contributed by atoms with Crippen LogP contribution in [0.25, 0.3) is 0 Å². The minimum absolute atomic E-state index is 0.440. The maximum absolute atomic E-state index is 5.77.